The highest BCUT2D eigenvalue weighted by molar-refractivity contribution is 5.83. The molecule has 7 rings (SSSR count). The lowest BCUT2D eigenvalue weighted by Gasteiger charge is -2.57. The number of aromatic nitrogens is 2. The summed E-state index contributed by atoms with van der Waals surface area (Å²) in [6.07, 6.45) is 11.0. The topological polar surface area (TPSA) is 72.4 Å². The summed E-state index contributed by atoms with van der Waals surface area (Å²) < 4.78 is 11.2. The van der Waals surface area contributed by atoms with E-state index in [0.29, 0.717) is 23.4 Å². The third-order valence-corrected chi connectivity index (χ3v) is 7.80. The van der Waals surface area contributed by atoms with Crippen LogP contribution in [0.2, 0.25) is 0 Å². The number of carbonyl (C=O) groups excluding carboxylic acids is 1. The molecule has 2 aromatic heterocycles. The summed E-state index contributed by atoms with van der Waals surface area (Å²) in [6, 6.07) is 3.64. The van der Waals surface area contributed by atoms with Crippen molar-refractivity contribution in [3.63, 3.8) is 0 Å². The Morgan fingerprint density at radius 2 is 1.71 bits per heavy atom. The van der Waals surface area contributed by atoms with Crippen LogP contribution in [0.25, 0.3) is 11.7 Å². The molecule has 0 spiro atoms. The molecule has 5 aliphatic rings. The van der Waals surface area contributed by atoms with Crippen molar-refractivity contribution in [2.45, 2.75) is 57.3 Å². The molecule has 28 heavy (non-hydrogen) atoms. The molecular weight excluding hydrogens is 354 g/mol. The van der Waals surface area contributed by atoms with Gasteiger partial charge in [-0.25, -0.2) is 0 Å². The number of hydrogen-bond acceptors (Lipinski definition) is 5. The first-order chi connectivity index (χ1) is 13.7. The van der Waals surface area contributed by atoms with Gasteiger partial charge in [0.15, 0.2) is 5.76 Å². The van der Waals surface area contributed by atoms with E-state index in [-0.39, 0.29) is 11.3 Å². The fraction of sp³-hybridized carbons (Fsp3) is 0.682. The quantitative estimate of drug-likeness (QED) is 0.795. The predicted molar refractivity (Wildman–Crippen MR) is 101 cm³/mol. The summed E-state index contributed by atoms with van der Waals surface area (Å²) in [4.78, 5) is 15.7. The van der Waals surface area contributed by atoms with Crippen molar-refractivity contribution in [3.05, 3.63) is 24.3 Å². The van der Waals surface area contributed by atoms with Crippen LogP contribution >= 0.6 is 0 Å². The molecule has 2 aromatic rings. The van der Waals surface area contributed by atoms with Gasteiger partial charge < -0.3 is 13.7 Å². The van der Waals surface area contributed by atoms with Crippen molar-refractivity contribution in [3.8, 4) is 11.7 Å². The molecular formula is C22H27N3O3. The van der Waals surface area contributed by atoms with Crippen LogP contribution in [0.3, 0.4) is 0 Å². The molecule has 148 valence electrons. The molecule has 1 saturated heterocycles. The molecule has 5 fully saturated rings. The molecule has 0 unspecified atom stereocenters. The fourth-order valence-corrected chi connectivity index (χ4v) is 6.94. The van der Waals surface area contributed by atoms with Gasteiger partial charge in [-0.1, -0.05) is 0 Å². The van der Waals surface area contributed by atoms with Crippen LogP contribution < -0.4 is 0 Å². The van der Waals surface area contributed by atoms with E-state index in [1.165, 1.54) is 19.3 Å². The maximum atomic E-state index is 13.5. The largest absolute Gasteiger partial charge is 0.459 e. The van der Waals surface area contributed by atoms with Crippen LogP contribution in [0.5, 0.6) is 0 Å². The van der Waals surface area contributed by atoms with E-state index >= 15 is 0 Å². The highest BCUT2D eigenvalue weighted by Crippen LogP contribution is 2.60. The van der Waals surface area contributed by atoms with Crippen molar-refractivity contribution in [1.29, 1.82) is 0 Å². The van der Waals surface area contributed by atoms with Crippen LogP contribution in [0.1, 0.15) is 63.2 Å². The Hall–Kier alpha value is -2.11. The normalized spacial score (nSPS) is 34.9. The Balaban J connectivity index is 1.13. The Morgan fingerprint density at radius 1 is 1.04 bits per heavy atom. The molecule has 3 heterocycles. The van der Waals surface area contributed by atoms with Gasteiger partial charge in [0.05, 0.1) is 11.7 Å². The molecule has 6 heteroatoms. The number of hydrogen-bond donors (Lipinski definition) is 0. The highest BCUT2D eigenvalue weighted by Gasteiger charge is 2.55. The van der Waals surface area contributed by atoms with Crippen LogP contribution in [0.4, 0.5) is 0 Å². The summed E-state index contributed by atoms with van der Waals surface area (Å²) in [5, 5.41) is 8.36. The van der Waals surface area contributed by atoms with Gasteiger partial charge in [0, 0.05) is 19.0 Å². The molecule has 0 aromatic carbocycles. The van der Waals surface area contributed by atoms with Crippen LogP contribution in [0, 0.1) is 23.2 Å². The smallest absolute Gasteiger partial charge is 0.283 e. The van der Waals surface area contributed by atoms with Crippen LogP contribution in [0.15, 0.2) is 27.2 Å². The molecule has 1 aliphatic heterocycles. The average molecular weight is 381 g/mol. The third-order valence-electron chi connectivity index (χ3n) is 7.80. The Labute approximate surface area is 164 Å². The van der Waals surface area contributed by atoms with E-state index in [1.807, 2.05) is 12.1 Å². The van der Waals surface area contributed by atoms with E-state index in [2.05, 4.69) is 15.1 Å². The number of furan rings is 1. The first-order valence-electron chi connectivity index (χ1n) is 10.9. The zero-order valence-electron chi connectivity index (χ0n) is 16.2. The third kappa shape index (κ3) is 2.64. The average Bonchev–Trinajstić information content (AvgIpc) is 3.38. The van der Waals surface area contributed by atoms with Gasteiger partial charge in [0.1, 0.15) is 0 Å². The van der Waals surface area contributed by atoms with Crippen molar-refractivity contribution in [2.24, 2.45) is 23.2 Å². The second-order valence-electron chi connectivity index (χ2n) is 9.69. The molecule has 6 nitrogen and oxygen atoms in total. The zero-order chi connectivity index (χ0) is 18.7. The second-order valence-corrected chi connectivity index (χ2v) is 9.69. The Bertz CT molecular complexity index is 828. The van der Waals surface area contributed by atoms with Gasteiger partial charge in [-0.05, 0) is 81.3 Å². The number of nitrogens with zero attached hydrogens (tertiary/aromatic N) is 3. The van der Waals surface area contributed by atoms with Gasteiger partial charge >= 0.3 is 0 Å². The minimum Gasteiger partial charge on any atom is -0.459 e. The van der Waals surface area contributed by atoms with E-state index in [9.17, 15) is 4.79 Å². The summed E-state index contributed by atoms with van der Waals surface area (Å²) >= 11 is 0. The van der Waals surface area contributed by atoms with E-state index < -0.39 is 0 Å². The van der Waals surface area contributed by atoms with Crippen molar-refractivity contribution in [1.82, 2.24) is 15.1 Å². The fourth-order valence-electron chi connectivity index (χ4n) is 6.94. The first kappa shape index (κ1) is 16.8. The van der Waals surface area contributed by atoms with Crippen molar-refractivity contribution < 1.29 is 13.6 Å². The summed E-state index contributed by atoms with van der Waals surface area (Å²) in [5.41, 5.74) is -0.0292. The van der Waals surface area contributed by atoms with Gasteiger partial charge in [-0.2, -0.15) is 0 Å². The van der Waals surface area contributed by atoms with Crippen molar-refractivity contribution in [2.75, 3.05) is 13.1 Å². The SMILES string of the molecule is O=C(N1CCC(c2nnc(-c3ccco3)o2)CC1)C12CC3CC(CC(C3)C1)C2. The molecule has 4 bridgehead atoms. The molecule has 1 amide bonds. The van der Waals surface area contributed by atoms with Crippen LogP contribution in [-0.4, -0.2) is 34.1 Å². The maximum Gasteiger partial charge on any atom is 0.283 e. The zero-order valence-corrected chi connectivity index (χ0v) is 16.2. The number of amides is 1. The molecule has 0 atom stereocenters. The maximum absolute atomic E-state index is 13.5. The Morgan fingerprint density at radius 3 is 2.32 bits per heavy atom. The highest BCUT2D eigenvalue weighted by atomic mass is 16.4. The summed E-state index contributed by atoms with van der Waals surface area (Å²) in [7, 11) is 0. The summed E-state index contributed by atoms with van der Waals surface area (Å²) in [5.74, 6) is 4.83. The number of carbonyl (C=O) groups is 1. The lowest BCUT2D eigenvalue weighted by atomic mass is 9.49. The predicted octanol–water partition coefficient (Wildman–Crippen LogP) is 4.25. The molecule has 4 saturated carbocycles. The molecule has 4 aliphatic carbocycles. The minimum absolute atomic E-state index is 0.0292. The monoisotopic (exact) mass is 381 g/mol. The van der Waals surface area contributed by atoms with E-state index in [4.69, 9.17) is 8.83 Å². The summed E-state index contributed by atoms with van der Waals surface area (Å²) in [6.45, 7) is 1.62. The lowest BCUT2D eigenvalue weighted by molar-refractivity contribution is -0.158. The van der Waals surface area contributed by atoms with Gasteiger partial charge in [0.2, 0.25) is 11.8 Å². The number of piperidine rings is 1. The number of likely N-dealkylation sites (tertiary alicyclic amines) is 1. The van der Waals surface area contributed by atoms with E-state index in [0.717, 1.165) is 62.9 Å². The van der Waals surface area contributed by atoms with Crippen LogP contribution in [-0.2, 0) is 4.79 Å². The minimum atomic E-state index is -0.0292. The molecule has 0 radical (unpaired) electrons. The first-order valence-corrected chi connectivity index (χ1v) is 10.9. The van der Waals surface area contributed by atoms with Gasteiger partial charge in [-0.15, -0.1) is 10.2 Å². The van der Waals surface area contributed by atoms with E-state index in [1.54, 1.807) is 6.26 Å². The Kier molecular flexibility index (Phi) is 3.72. The van der Waals surface area contributed by atoms with Gasteiger partial charge in [0.25, 0.3) is 5.89 Å². The number of rotatable bonds is 3. The second kappa shape index (κ2) is 6.19. The van der Waals surface area contributed by atoms with Crippen molar-refractivity contribution >= 4 is 5.91 Å². The standard InChI is InChI=1S/C22H27N3O3/c26-21(22-11-14-8-15(12-22)10-16(9-14)13-22)25-5-3-17(4-6-25)19-23-24-20(28-19)18-2-1-7-27-18/h1-2,7,14-17H,3-6,8-13H2. The lowest BCUT2D eigenvalue weighted by Crippen LogP contribution is -2.55. The van der Waals surface area contributed by atoms with Gasteiger partial charge in [-0.3, -0.25) is 4.79 Å². The molecule has 0 N–H and O–H groups in total.